The van der Waals surface area contributed by atoms with Gasteiger partial charge in [0.1, 0.15) is 6.54 Å². The first kappa shape index (κ1) is 18.3. The molecule has 0 spiro atoms. The molecule has 1 amide bonds. The van der Waals surface area contributed by atoms with Gasteiger partial charge in [-0.3, -0.25) is 18.8 Å². The van der Waals surface area contributed by atoms with Gasteiger partial charge in [-0.1, -0.05) is 12.1 Å². The zero-order chi connectivity index (χ0) is 18.8. The SMILES string of the molecule is CCn1c(=O)n(CC(=O)N2CCN(CC3CCCO3)CC2)c2ccccc21. The second-order valence-corrected chi connectivity index (χ2v) is 7.42. The minimum absolute atomic E-state index is 0.0212. The molecule has 2 saturated heterocycles. The van der Waals surface area contributed by atoms with Crippen molar-refractivity contribution in [1.82, 2.24) is 18.9 Å². The van der Waals surface area contributed by atoms with E-state index in [2.05, 4.69) is 4.90 Å². The van der Waals surface area contributed by atoms with Crippen LogP contribution < -0.4 is 5.69 Å². The van der Waals surface area contributed by atoms with E-state index in [0.717, 1.165) is 50.1 Å². The molecule has 1 unspecified atom stereocenters. The fraction of sp³-hybridized carbons (Fsp3) is 0.600. The second kappa shape index (κ2) is 7.86. The van der Waals surface area contributed by atoms with E-state index in [1.54, 1.807) is 9.13 Å². The molecule has 0 N–H and O–H groups in total. The lowest BCUT2D eigenvalue weighted by Gasteiger charge is -2.35. The van der Waals surface area contributed by atoms with E-state index < -0.39 is 0 Å². The molecule has 1 aromatic carbocycles. The van der Waals surface area contributed by atoms with Crippen LogP contribution in [0.3, 0.4) is 0 Å². The summed E-state index contributed by atoms with van der Waals surface area (Å²) in [6, 6.07) is 7.68. The highest BCUT2D eigenvalue weighted by Gasteiger charge is 2.25. The molecule has 0 bridgehead atoms. The Balaban J connectivity index is 1.41. The smallest absolute Gasteiger partial charge is 0.329 e. The van der Waals surface area contributed by atoms with E-state index in [0.29, 0.717) is 25.7 Å². The average molecular weight is 372 g/mol. The van der Waals surface area contributed by atoms with Crippen molar-refractivity contribution < 1.29 is 9.53 Å². The molecular formula is C20H28N4O3. The van der Waals surface area contributed by atoms with Crippen LogP contribution in [0.4, 0.5) is 0 Å². The van der Waals surface area contributed by atoms with Crippen molar-refractivity contribution >= 4 is 16.9 Å². The molecule has 2 fully saturated rings. The number of rotatable bonds is 5. The van der Waals surface area contributed by atoms with Gasteiger partial charge in [0, 0.05) is 45.9 Å². The minimum atomic E-state index is -0.107. The van der Waals surface area contributed by atoms with Gasteiger partial charge in [-0.2, -0.15) is 0 Å². The van der Waals surface area contributed by atoms with Crippen LogP contribution in [0.15, 0.2) is 29.1 Å². The van der Waals surface area contributed by atoms with Crippen molar-refractivity contribution in [3.8, 4) is 0 Å². The van der Waals surface area contributed by atoms with Crippen molar-refractivity contribution in [2.45, 2.75) is 39.0 Å². The summed E-state index contributed by atoms with van der Waals surface area (Å²) in [5.74, 6) is 0.0212. The molecule has 1 aromatic heterocycles. The van der Waals surface area contributed by atoms with Crippen molar-refractivity contribution in [3.05, 3.63) is 34.7 Å². The predicted molar refractivity (Wildman–Crippen MR) is 104 cm³/mol. The van der Waals surface area contributed by atoms with Crippen LogP contribution in [-0.4, -0.2) is 70.3 Å². The van der Waals surface area contributed by atoms with Crippen LogP contribution in [0, 0.1) is 0 Å². The number of hydrogen-bond acceptors (Lipinski definition) is 4. The number of aromatic nitrogens is 2. The summed E-state index contributed by atoms with van der Waals surface area (Å²) < 4.78 is 9.05. The Hall–Kier alpha value is -2.12. The van der Waals surface area contributed by atoms with E-state index in [4.69, 9.17) is 4.74 Å². The third kappa shape index (κ3) is 3.66. The maximum absolute atomic E-state index is 12.8. The predicted octanol–water partition coefficient (Wildman–Crippen LogP) is 1.15. The molecule has 7 heteroatoms. The Morgan fingerprint density at radius 3 is 2.44 bits per heavy atom. The number of amides is 1. The molecule has 2 aliphatic rings. The fourth-order valence-corrected chi connectivity index (χ4v) is 4.22. The van der Waals surface area contributed by atoms with E-state index in [1.165, 1.54) is 0 Å². The van der Waals surface area contributed by atoms with Crippen molar-refractivity contribution in [2.24, 2.45) is 0 Å². The summed E-state index contributed by atoms with van der Waals surface area (Å²) in [7, 11) is 0. The third-order valence-corrected chi connectivity index (χ3v) is 5.75. The molecule has 27 heavy (non-hydrogen) atoms. The maximum atomic E-state index is 12.8. The number of hydrogen-bond donors (Lipinski definition) is 0. The zero-order valence-electron chi connectivity index (χ0n) is 16.0. The summed E-state index contributed by atoms with van der Waals surface area (Å²) >= 11 is 0. The van der Waals surface area contributed by atoms with E-state index in [1.807, 2.05) is 36.1 Å². The quantitative estimate of drug-likeness (QED) is 0.790. The number of imidazole rings is 1. The van der Waals surface area contributed by atoms with Crippen LogP contribution in [0.1, 0.15) is 19.8 Å². The van der Waals surface area contributed by atoms with Crippen LogP contribution in [0.25, 0.3) is 11.0 Å². The molecule has 146 valence electrons. The number of para-hydroxylation sites is 2. The maximum Gasteiger partial charge on any atom is 0.329 e. The molecule has 2 aromatic rings. The van der Waals surface area contributed by atoms with Crippen LogP contribution >= 0.6 is 0 Å². The van der Waals surface area contributed by atoms with Gasteiger partial charge in [0.05, 0.1) is 17.1 Å². The first-order chi connectivity index (χ1) is 13.2. The lowest BCUT2D eigenvalue weighted by Crippen LogP contribution is -2.51. The van der Waals surface area contributed by atoms with Gasteiger partial charge in [-0.05, 0) is 31.9 Å². The van der Waals surface area contributed by atoms with Crippen LogP contribution in [0.2, 0.25) is 0 Å². The first-order valence-corrected chi connectivity index (χ1v) is 9.97. The lowest BCUT2D eigenvalue weighted by molar-refractivity contribution is -0.133. The summed E-state index contributed by atoms with van der Waals surface area (Å²) in [4.78, 5) is 29.8. The highest BCUT2D eigenvalue weighted by molar-refractivity contribution is 5.81. The number of carbonyl (C=O) groups excluding carboxylic acids is 1. The number of carbonyl (C=O) groups is 1. The van der Waals surface area contributed by atoms with Crippen molar-refractivity contribution in [3.63, 3.8) is 0 Å². The van der Waals surface area contributed by atoms with Gasteiger partial charge in [0.15, 0.2) is 0 Å². The Morgan fingerprint density at radius 2 is 1.81 bits per heavy atom. The number of ether oxygens (including phenoxy) is 1. The molecule has 2 aliphatic heterocycles. The van der Waals surface area contributed by atoms with Gasteiger partial charge in [-0.25, -0.2) is 4.79 Å². The summed E-state index contributed by atoms with van der Waals surface area (Å²) in [5, 5.41) is 0. The Bertz CT molecular complexity index is 858. The van der Waals surface area contributed by atoms with E-state index >= 15 is 0 Å². The van der Waals surface area contributed by atoms with Gasteiger partial charge in [-0.15, -0.1) is 0 Å². The van der Waals surface area contributed by atoms with Gasteiger partial charge in [0.2, 0.25) is 5.91 Å². The second-order valence-electron chi connectivity index (χ2n) is 7.42. The standard InChI is InChI=1S/C20H28N4O3/c1-2-23-17-7-3-4-8-18(17)24(20(23)26)15-19(25)22-11-9-21(10-12-22)14-16-6-5-13-27-16/h3-4,7-8,16H,2,5-6,9-15H2,1H3. The topological polar surface area (TPSA) is 59.7 Å². The van der Waals surface area contributed by atoms with Crippen molar-refractivity contribution in [2.75, 3.05) is 39.3 Å². The van der Waals surface area contributed by atoms with Gasteiger partial charge >= 0.3 is 5.69 Å². The van der Waals surface area contributed by atoms with E-state index in [-0.39, 0.29) is 18.1 Å². The van der Waals surface area contributed by atoms with Gasteiger partial charge < -0.3 is 9.64 Å². The molecule has 0 aliphatic carbocycles. The third-order valence-electron chi connectivity index (χ3n) is 5.75. The normalized spacial score (nSPS) is 21.2. The molecule has 1 atom stereocenters. The molecule has 0 radical (unpaired) electrons. The first-order valence-electron chi connectivity index (χ1n) is 9.97. The number of piperazine rings is 1. The number of benzene rings is 1. The lowest BCUT2D eigenvalue weighted by atomic mass is 10.2. The minimum Gasteiger partial charge on any atom is -0.377 e. The number of aryl methyl sites for hydroxylation is 1. The Labute approximate surface area is 159 Å². The average Bonchev–Trinajstić information content (AvgIpc) is 3.29. The number of nitrogens with zero attached hydrogens (tertiary/aromatic N) is 4. The molecule has 4 rings (SSSR count). The summed E-state index contributed by atoms with van der Waals surface area (Å²) in [6.07, 6.45) is 2.65. The van der Waals surface area contributed by atoms with Crippen molar-refractivity contribution in [1.29, 1.82) is 0 Å². The summed E-state index contributed by atoms with van der Waals surface area (Å²) in [5.41, 5.74) is 1.61. The Kier molecular flexibility index (Phi) is 5.31. The molecule has 7 nitrogen and oxygen atoms in total. The van der Waals surface area contributed by atoms with Crippen LogP contribution in [0.5, 0.6) is 0 Å². The van der Waals surface area contributed by atoms with Gasteiger partial charge in [0.25, 0.3) is 0 Å². The summed E-state index contributed by atoms with van der Waals surface area (Å²) in [6.45, 7) is 7.68. The largest absolute Gasteiger partial charge is 0.377 e. The number of fused-ring (bicyclic) bond motifs is 1. The molecule has 3 heterocycles. The monoisotopic (exact) mass is 372 g/mol. The van der Waals surface area contributed by atoms with Crippen LogP contribution in [-0.2, 0) is 22.6 Å². The highest BCUT2D eigenvalue weighted by Crippen LogP contribution is 2.16. The fourth-order valence-electron chi connectivity index (χ4n) is 4.22. The highest BCUT2D eigenvalue weighted by atomic mass is 16.5. The zero-order valence-corrected chi connectivity index (χ0v) is 16.0. The van der Waals surface area contributed by atoms with E-state index in [9.17, 15) is 9.59 Å². The molecule has 0 saturated carbocycles. The molecular weight excluding hydrogens is 344 g/mol. The Morgan fingerprint density at radius 1 is 1.11 bits per heavy atom.